The molecule has 0 bridgehead atoms. The smallest absolute Gasteiger partial charge is 0.255 e. The quantitative estimate of drug-likeness (QED) is 0.648. The number of nitrogen functional groups attached to an aromatic ring is 1. The van der Waals surface area contributed by atoms with Crippen LogP contribution in [0.5, 0.6) is 0 Å². The van der Waals surface area contributed by atoms with Crippen molar-refractivity contribution in [3.8, 4) is 0 Å². The second kappa shape index (κ2) is 5.12. The summed E-state index contributed by atoms with van der Waals surface area (Å²) in [5.41, 5.74) is 6.90. The second-order valence-corrected chi connectivity index (χ2v) is 5.92. The molecule has 1 aromatic rings. The summed E-state index contributed by atoms with van der Waals surface area (Å²) in [6.07, 6.45) is 1.90. The Kier molecular flexibility index (Phi) is 3.39. The van der Waals surface area contributed by atoms with Crippen molar-refractivity contribution in [2.75, 3.05) is 5.73 Å². The standard InChI is InChI=1S/C16H19N3O3/c1-2-7-16(8-6-13(20)18-15(16)22)19-9-11-10(14(19)21)4-3-5-12(11)17/h3-5H,2,6-9,17H2,1H3,(H,18,20,22). The highest BCUT2D eigenvalue weighted by atomic mass is 16.2. The van der Waals surface area contributed by atoms with Gasteiger partial charge in [-0.05, 0) is 25.0 Å². The number of carbonyl (C=O) groups excluding carboxylic acids is 3. The first-order valence-electron chi connectivity index (χ1n) is 7.53. The lowest BCUT2D eigenvalue weighted by Gasteiger charge is -2.42. The van der Waals surface area contributed by atoms with Gasteiger partial charge >= 0.3 is 0 Å². The molecule has 3 N–H and O–H groups in total. The SMILES string of the molecule is CCCC1(N2Cc3c(N)cccc3C2=O)CCC(=O)NC1=O. The minimum Gasteiger partial charge on any atom is -0.398 e. The minimum atomic E-state index is -0.953. The third-order valence-corrected chi connectivity index (χ3v) is 4.63. The average molecular weight is 301 g/mol. The molecule has 2 aliphatic heterocycles. The van der Waals surface area contributed by atoms with Gasteiger partial charge in [0, 0.05) is 29.8 Å². The van der Waals surface area contributed by atoms with Crippen LogP contribution in [0.25, 0.3) is 0 Å². The molecule has 22 heavy (non-hydrogen) atoms. The maximum atomic E-state index is 12.8. The van der Waals surface area contributed by atoms with E-state index in [1.54, 1.807) is 23.1 Å². The van der Waals surface area contributed by atoms with Crippen molar-refractivity contribution in [1.82, 2.24) is 10.2 Å². The lowest BCUT2D eigenvalue weighted by Crippen LogP contribution is -2.62. The number of carbonyl (C=O) groups is 3. The number of amides is 3. The Hall–Kier alpha value is -2.37. The van der Waals surface area contributed by atoms with E-state index in [-0.39, 0.29) is 24.1 Å². The zero-order valence-electron chi connectivity index (χ0n) is 12.5. The van der Waals surface area contributed by atoms with Gasteiger partial charge in [-0.15, -0.1) is 0 Å². The van der Waals surface area contributed by atoms with Gasteiger partial charge in [0.05, 0.1) is 0 Å². The normalized spacial score (nSPS) is 24.4. The number of fused-ring (bicyclic) bond motifs is 1. The van der Waals surface area contributed by atoms with Crippen LogP contribution in [-0.4, -0.2) is 28.2 Å². The van der Waals surface area contributed by atoms with Crippen molar-refractivity contribution in [3.63, 3.8) is 0 Å². The van der Waals surface area contributed by atoms with Gasteiger partial charge in [0.1, 0.15) is 5.54 Å². The zero-order valence-corrected chi connectivity index (χ0v) is 12.5. The van der Waals surface area contributed by atoms with Gasteiger partial charge in [-0.2, -0.15) is 0 Å². The number of hydrogen-bond acceptors (Lipinski definition) is 4. The van der Waals surface area contributed by atoms with Crippen LogP contribution in [0.15, 0.2) is 18.2 Å². The third-order valence-electron chi connectivity index (χ3n) is 4.63. The Morgan fingerprint density at radius 2 is 2.09 bits per heavy atom. The average Bonchev–Trinajstić information content (AvgIpc) is 2.82. The van der Waals surface area contributed by atoms with E-state index >= 15 is 0 Å². The first kappa shape index (κ1) is 14.6. The van der Waals surface area contributed by atoms with Crippen LogP contribution < -0.4 is 11.1 Å². The van der Waals surface area contributed by atoms with E-state index in [0.717, 1.165) is 12.0 Å². The van der Waals surface area contributed by atoms with Crippen LogP contribution >= 0.6 is 0 Å². The van der Waals surface area contributed by atoms with Crippen LogP contribution in [0, 0.1) is 0 Å². The van der Waals surface area contributed by atoms with Crippen molar-refractivity contribution in [2.45, 2.75) is 44.7 Å². The van der Waals surface area contributed by atoms with E-state index < -0.39 is 5.54 Å². The molecule has 1 aromatic carbocycles. The number of benzene rings is 1. The van der Waals surface area contributed by atoms with Crippen molar-refractivity contribution in [2.24, 2.45) is 0 Å². The fourth-order valence-corrected chi connectivity index (χ4v) is 3.49. The number of nitrogens with two attached hydrogens (primary N) is 1. The molecule has 3 amide bonds. The summed E-state index contributed by atoms with van der Waals surface area (Å²) in [5.74, 6) is -0.828. The molecule has 6 heteroatoms. The molecule has 0 saturated carbocycles. The molecular formula is C16H19N3O3. The van der Waals surface area contributed by atoms with E-state index in [0.29, 0.717) is 30.6 Å². The summed E-state index contributed by atoms with van der Waals surface area (Å²) in [6.45, 7) is 2.29. The summed E-state index contributed by atoms with van der Waals surface area (Å²) in [7, 11) is 0. The molecule has 2 heterocycles. The van der Waals surface area contributed by atoms with Crippen LogP contribution in [0.2, 0.25) is 0 Å². The number of rotatable bonds is 3. The predicted molar refractivity (Wildman–Crippen MR) is 80.8 cm³/mol. The van der Waals surface area contributed by atoms with Crippen molar-refractivity contribution < 1.29 is 14.4 Å². The van der Waals surface area contributed by atoms with Crippen molar-refractivity contribution in [3.05, 3.63) is 29.3 Å². The molecule has 6 nitrogen and oxygen atoms in total. The van der Waals surface area contributed by atoms with Gasteiger partial charge in [0.15, 0.2) is 0 Å². The van der Waals surface area contributed by atoms with E-state index in [1.165, 1.54) is 0 Å². The first-order valence-corrected chi connectivity index (χ1v) is 7.53. The Labute approximate surface area is 128 Å². The number of hydrogen-bond donors (Lipinski definition) is 2. The Morgan fingerprint density at radius 3 is 2.73 bits per heavy atom. The maximum absolute atomic E-state index is 12.8. The molecule has 1 unspecified atom stereocenters. The molecule has 1 saturated heterocycles. The van der Waals surface area contributed by atoms with Crippen LogP contribution in [0.4, 0.5) is 5.69 Å². The molecule has 0 aromatic heterocycles. The van der Waals surface area contributed by atoms with Gasteiger partial charge in [-0.25, -0.2) is 0 Å². The molecule has 0 spiro atoms. The fourth-order valence-electron chi connectivity index (χ4n) is 3.49. The van der Waals surface area contributed by atoms with Crippen molar-refractivity contribution >= 4 is 23.4 Å². The highest BCUT2D eigenvalue weighted by Gasteiger charge is 2.51. The fraction of sp³-hybridized carbons (Fsp3) is 0.438. The second-order valence-electron chi connectivity index (χ2n) is 5.92. The summed E-state index contributed by atoms with van der Waals surface area (Å²) in [5, 5.41) is 2.39. The van der Waals surface area contributed by atoms with Crippen LogP contribution in [-0.2, 0) is 16.1 Å². The number of anilines is 1. The number of nitrogens with zero attached hydrogens (tertiary/aromatic N) is 1. The number of piperidine rings is 1. The van der Waals surface area contributed by atoms with Crippen LogP contribution in [0.3, 0.4) is 0 Å². The first-order chi connectivity index (χ1) is 10.5. The summed E-state index contributed by atoms with van der Waals surface area (Å²) >= 11 is 0. The molecule has 0 radical (unpaired) electrons. The molecule has 3 rings (SSSR count). The van der Waals surface area contributed by atoms with E-state index in [4.69, 9.17) is 5.73 Å². The molecular weight excluding hydrogens is 282 g/mol. The van der Waals surface area contributed by atoms with Crippen LogP contribution in [0.1, 0.15) is 48.5 Å². The molecule has 1 fully saturated rings. The van der Waals surface area contributed by atoms with E-state index in [2.05, 4.69) is 5.32 Å². The Bertz CT molecular complexity index is 671. The van der Waals surface area contributed by atoms with Gasteiger partial charge in [-0.3, -0.25) is 19.7 Å². The Morgan fingerprint density at radius 1 is 1.32 bits per heavy atom. The van der Waals surface area contributed by atoms with E-state index in [9.17, 15) is 14.4 Å². The van der Waals surface area contributed by atoms with Gasteiger partial charge in [-0.1, -0.05) is 19.4 Å². The monoisotopic (exact) mass is 301 g/mol. The summed E-state index contributed by atoms with van der Waals surface area (Å²) < 4.78 is 0. The van der Waals surface area contributed by atoms with Gasteiger partial charge in [0.25, 0.3) is 11.8 Å². The predicted octanol–water partition coefficient (Wildman–Crippen LogP) is 1.20. The topological polar surface area (TPSA) is 92.5 Å². The molecule has 0 aliphatic carbocycles. The molecule has 2 aliphatic rings. The third kappa shape index (κ3) is 1.98. The largest absolute Gasteiger partial charge is 0.398 e. The van der Waals surface area contributed by atoms with Gasteiger partial charge < -0.3 is 10.6 Å². The maximum Gasteiger partial charge on any atom is 0.255 e. The highest BCUT2D eigenvalue weighted by Crippen LogP contribution is 2.38. The zero-order chi connectivity index (χ0) is 15.9. The minimum absolute atomic E-state index is 0.180. The molecule has 116 valence electrons. The van der Waals surface area contributed by atoms with E-state index in [1.807, 2.05) is 6.92 Å². The summed E-state index contributed by atoms with van der Waals surface area (Å²) in [6, 6.07) is 5.23. The number of nitrogens with one attached hydrogen (secondary N) is 1. The molecule has 1 atom stereocenters. The lowest BCUT2D eigenvalue weighted by molar-refractivity contribution is -0.143. The highest BCUT2D eigenvalue weighted by molar-refractivity contribution is 6.08. The Balaban J connectivity index is 2.01. The van der Waals surface area contributed by atoms with Gasteiger partial charge in [0.2, 0.25) is 5.91 Å². The summed E-state index contributed by atoms with van der Waals surface area (Å²) in [4.78, 5) is 38.4. The number of imide groups is 1. The lowest BCUT2D eigenvalue weighted by atomic mass is 9.83. The van der Waals surface area contributed by atoms with Crippen molar-refractivity contribution in [1.29, 1.82) is 0 Å².